The molecule has 1 aliphatic rings. The summed E-state index contributed by atoms with van der Waals surface area (Å²) in [6, 6.07) is 19.9. The second-order valence-electron chi connectivity index (χ2n) is 4.59. The van der Waals surface area contributed by atoms with E-state index in [-0.39, 0.29) is 5.92 Å². The Kier molecular flexibility index (Phi) is 2.52. The fraction of sp³-hybridized carbons (Fsp3) is 0.188. The molecule has 1 nitrogen and oxygen atoms in total. The van der Waals surface area contributed by atoms with Gasteiger partial charge in [-0.3, -0.25) is 4.79 Å². The standard InChI is InChI=1S/C16H14O/c17-16(13-9-5-2-6-10-13)15-11-14(15)12-7-3-1-4-8-12/h1-10,14-15H,11H2/t14-,15+/m0/s1. The second-order valence-corrected chi connectivity index (χ2v) is 4.59. The molecule has 0 radical (unpaired) electrons. The minimum Gasteiger partial charge on any atom is -0.294 e. The Bertz CT molecular complexity index is 516. The van der Waals surface area contributed by atoms with Gasteiger partial charge in [-0.25, -0.2) is 0 Å². The summed E-state index contributed by atoms with van der Waals surface area (Å²) < 4.78 is 0. The molecule has 0 N–H and O–H groups in total. The molecular weight excluding hydrogens is 208 g/mol. The smallest absolute Gasteiger partial charge is 0.166 e. The van der Waals surface area contributed by atoms with Crippen LogP contribution in [0.5, 0.6) is 0 Å². The maximum absolute atomic E-state index is 12.2. The highest BCUT2D eigenvalue weighted by Gasteiger charge is 2.43. The van der Waals surface area contributed by atoms with Crippen LogP contribution in [0.3, 0.4) is 0 Å². The molecule has 1 saturated carbocycles. The quantitative estimate of drug-likeness (QED) is 0.724. The number of carbonyl (C=O) groups excluding carboxylic acids is 1. The molecule has 0 spiro atoms. The van der Waals surface area contributed by atoms with Crippen molar-refractivity contribution in [3.8, 4) is 0 Å². The summed E-state index contributed by atoms with van der Waals surface area (Å²) in [5, 5.41) is 0. The summed E-state index contributed by atoms with van der Waals surface area (Å²) >= 11 is 0. The average molecular weight is 222 g/mol. The lowest BCUT2D eigenvalue weighted by Crippen LogP contribution is -2.02. The van der Waals surface area contributed by atoms with E-state index in [2.05, 4.69) is 12.1 Å². The molecule has 0 saturated heterocycles. The Morgan fingerprint density at radius 3 is 2.12 bits per heavy atom. The molecule has 1 heteroatoms. The van der Waals surface area contributed by atoms with Gasteiger partial charge >= 0.3 is 0 Å². The average Bonchev–Trinajstić information content (AvgIpc) is 3.20. The van der Waals surface area contributed by atoms with Crippen LogP contribution in [0.4, 0.5) is 0 Å². The SMILES string of the molecule is O=C(c1ccccc1)[C@@H]1C[C@H]1c1ccccc1. The molecule has 0 unspecified atom stereocenters. The zero-order chi connectivity index (χ0) is 11.7. The maximum Gasteiger partial charge on any atom is 0.166 e. The minimum absolute atomic E-state index is 0.194. The summed E-state index contributed by atoms with van der Waals surface area (Å²) in [7, 11) is 0. The Balaban J connectivity index is 1.76. The van der Waals surface area contributed by atoms with Gasteiger partial charge in [0.15, 0.2) is 5.78 Å². The Morgan fingerprint density at radius 1 is 0.882 bits per heavy atom. The van der Waals surface area contributed by atoms with Crippen molar-refractivity contribution in [3.63, 3.8) is 0 Å². The normalized spacial score (nSPS) is 22.1. The van der Waals surface area contributed by atoms with Gasteiger partial charge in [0.1, 0.15) is 0 Å². The van der Waals surface area contributed by atoms with Gasteiger partial charge in [-0.1, -0.05) is 60.7 Å². The predicted molar refractivity (Wildman–Crippen MR) is 68.1 cm³/mol. The van der Waals surface area contributed by atoms with Crippen LogP contribution in [0.25, 0.3) is 0 Å². The lowest BCUT2D eigenvalue weighted by atomic mass is 10.0. The third-order valence-corrected chi connectivity index (χ3v) is 3.41. The number of Topliss-reactive ketones (excluding diaryl/α,β-unsaturated/α-hetero) is 1. The molecule has 2 aromatic carbocycles. The van der Waals surface area contributed by atoms with Crippen molar-refractivity contribution in [3.05, 3.63) is 71.8 Å². The van der Waals surface area contributed by atoms with E-state index in [4.69, 9.17) is 0 Å². The van der Waals surface area contributed by atoms with Gasteiger partial charge in [-0.15, -0.1) is 0 Å². The molecule has 1 fully saturated rings. The van der Waals surface area contributed by atoms with E-state index in [9.17, 15) is 4.79 Å². The van der Waals surface area contributed by atoms with E-state index in [0.717, 1.165) is 12.0 Å². The van der Waals surface area contributed by atoms with E-state index in [1.165, 1.54) is 5.56 Å². The summed E-state index contributed by atoms with van der Waals surface area (Å²) in [6.07, 6.45) is 0.998. The minimum atomic E-state index is 0.194. The largest absolute Gasteiger partial charge is 0.294 e. The zero-order valence-electron chi connectivity index (χ0n) is 9.54. The van der Waals surface area contributed by atoms with E-state index < -0.39 is 0 Å². The summed E-state index contributed by atoms with van der Waals surface area (Å²) in [5.74, 6) is 0.920. The first kappa shape index (κ1) is 10.3. The molecule has 0 heterocycles. The first-order valence-corrected chi connectivity index (χ1v) is 6.00. The van der Waals surface area contributed by atoms with Crippen molar-refractivity contribution in [1.82, 2.24) is 0 Å². The van der Waals surface area contributed by atoms with E-state index in [0.29, 0.717) is 11.7 Å². The number of ketones is 1. The number of hydrogen-bond donors (Lipinski definition) is 0. The predicted octanol–water partition coefficient (Wildman–Crippen LogP) is 3.67. The summed E-state index contributed by atoms with van der Waals surface area (Å²) in [5.41, 5.74) is 2.14. The van der Waals surface area contributed by atoms with Crippen LogP contribution in [0, 0.1) is 5.92 Å². The molecule has 84 valence electrons. The zero-order valence-corrected chi connectivity index (χ0v) is 9.54. The van der Waals surface area contributed by atoms with Crippen molar-refractivity contribution in [2.75, 3.05) is 0 Å². The van der Waals surface area contributed by atoms with Crippen LogP contribution in [0.1, 0.15) is 28.3 Å². The molecule has 0 bridgehead atoms. The first-order valence-electron chi connectivity index (χ1n) is 6.00. The van der Waals surface area contributed by atoms with Crippen molar-refractivity contribution in [2.45, 2.75) is 12.3 Å². The van der Waals surface area contributed by atoms with Gasteiger partial charge in [-0.2, -0.15) is 0 Å². The molecule has 17 heavy (non-hydrogen) atoms. The van der Waals surface area contributed by atoms with Gasteiger partial charge in [0.25, 0.3) is 0 Å². The second kappa shape index (κ2) is 4.17. The summed E-state index contributed by atoms with van der Waals surface area (Å²) in [4.78, 5) is 12.2. The Hall–Kier alpha value is -1.89. The molecule has 1 aliphatic carbocycles. The molecule has 0 amide bonds. The van der Waals surface area contributed by atoms with Crippen LogP contribution in [-0.4, -0.2) is 5.78 Å². The number of carbonyl (C=O) groups is 1. The Labute approximate surface area is 101 Å². The maximum atomic E-state index is 12.2. The van der Waals surface area contributed by atoms with Crippen LogP contribution < -0.4 is 0 Å². The fourth-order valence-corrected chi connectivity index (χ4v) is 2.37. The van der Waals surface area contributed by atoms with Crippen molar-refractivity contribution in [1.29, 1.82) is 0 Å². The molecule has 2 aromatic rings. The molecular formula is C16H14O. The van der Waals surface area contributed by atoms with Gasteiger partial charge in [0.05, 0.1) is 0 Å². The lowest BCUT2D eigenvalue weighted by molar-refractivity contribution is 0.0965. The number of benzene rings is 2. The fourth-order valence-electron chi connectivity index (χ4n) is 2.37. The lowest BCUT2D eigenvalue weighted by Gasteiger charge is -2.00. The molecule has 2 atom stereocenters. The van der Waals surface area contributed by atoms with Crippen molar-refractivity contribution in [2.24, 2.45) is 5.92 Å². The molecule has 0 aliphatic heterocycles. The van der Waals surface area contributed by atoms with Crippen molar-refractivity contribution >= 4 is 5.78 Å². The van der Waals surface area contributed by atoms with Gasteiger partial charge in [0, 0.05) is 11.5 Å². The number of hydrogen-bond acceptors (Lipinski definition) is 1. The summed E-state index contributed by atoms with van der Waals surface area (Å²) in [6.45, 7) is 0. The highest BCUT2D eigenvalue weighted by molar-refractivity contribution is 6.00. The topological polar surface area (TPSA) is 17.1 Å². The third kappa shape index (κ3) is 2.01. The monoisotopic (exact) mass is 222 g/mol. The van der Waals surface area contributed by atoms with E-state index >= 15 is 0 Å². The molecule has 3 rings (SSSR count). The molecule has 0 aromatic heterocycles. The van der Waals surface area contributed by atoms with Crippen LogP contribution >= 0.6 is 0 Å². The third-order valence-electron chi connectivity index (χ3n) is 3.41. The van der Waals surface area contributed by atoms with Crippen molar-refractivity contribution < 1.29 is 4.79 Å². The Morgan fingerprint density at radius 2 is 1.47 bits per heavy atom. The van der Waals surface area contributed by atoms with Gasteiger partial charge in [-0.05, 0) is 17.9 Å². The highest BCUT2D eigenvalue weighted by atomic mass is 16.1. The highest BCUT2D eigenvalue weighted by Crippen LogP contribution is 2.48. The van der Waals surface area contributed by atoms with Crippen LogP contribution in [0.2, 0.25) is 0 Å². The van der Waals surface area contributed by atoms with Gasteiger partial charge < -0.3 is 0 Å². The van der Waals surface area contributed by atoms with E-state index in [1.54, 1.807) is 0 Å². The van der Waals surface area contributed by atoms with Gasteiger partial charge in [0.2, 0.25) is 0 Å². The van der Waals surface area contributed by atoms with Crippen LogP contribution in [-0.2, 0) is 0 Å². The first-order chi connectivity index (χ1) is 8.36. The van der Waals surface area contributed by atoms with Crippen LogP contribution in [0.15, 0.2) is 60.7 Å². The van der Waals surface area contributed by atoms with E-state index in [1.807, 2.05) is 48.5 Å². The number of rotatable bonds is 3.